The Hall–Kier alpha value is -0.660. The molecule has 1 N–H and O–H groups in total. The van der Waals surface area contributed by atoms with Gasteiger partial charge in [0.2, 0.25) is 0 Å². The first kappa shape index (κ1) is 12.8. The molecular weight excluding hydrogens is 333 g/mol. The topological polar surface area (TPSA) is 47.6 Å². The zero-order valence-corrected chi connectivity index (χ0v) is 11.5. The number of nitrogens with one attached hydrogen (secondary N) is 1. The molecule has 1 aromatic rings. The van der Waals surface area contributed by atoms with Crippen LogP contribution in [0.5, 0.6) is 0 Å². The van der Waals surface area contributed by atoms with E-state index in [2.05, 4.69) is 27.9 Å². The van der Waals surface area contributed by atoms with Crippen molar-refractivity contribution in [3.8, 4) is 0 Å². The van der Waals surface area contributed by atoms with Crippen molar-refractivity contribution >= 4 is 28.5 Å². The number of rotatable bonds is 3. The third-order valence-corrected chi connectivity index (χ3v) is 3.20. The van der Waals surface area contributed by atoms with Crippen molar-refractivity contribution in [3.05, 3.63) is 33.4 Å². The van der Waals surface area contributed by atoms with Crippen LogP contribution in [0.1, 0.15) is 10.4 Å². The molecule has 2 rings (SSSR count). The molecule has 92 valence electrons. The highest BCUT2D eigenvalue weighted by Crippen LogP contribution is 2.07. The zero-order valence-electron chi connectivity index (χ0n) is 9.32. The van der Waals surface area contributed by atoms with Crippen molar-refractivity contribution in [1.82, 2.24) is 5.32 Å². The lowest BCUT2D eigenvalue weighted by Crippen LogP contribution is -2.39. The smallest absolute Gasteiger partial charge is 0.251 e. The van der Waals surface area contributed by atoms with Gasteiger partial charge in [-0.2, -0.15) is 0 Å². The van der Waals surface area contributed by atoms with Gasteiger partial charge in [0.05, 0.1) is 25.9 Å². The summed E-state index contributed by atoms with van der Waals surface area (Å²) in [5.41, 5.74) is 0.669. The van der Waals surface area contributed by atoms with Crippen LogP contribution < -0.4 is 5.32 Å². The highest BCUT2D eigenvalue weighted by atomic mass is 127. The number of hydrogen-bond donors (Lipinski definition) is 1. The van der Waals surface area contributed by atoms with Crippen molar-refractivity contribution in [2.45, 2.75) is 6.10 Å². The van der Waals surface area contributed by atoms with Gasteiger partial charge >= 0.3 is 0 Å². The van der Waals surface area contributed by atoms with Crippen molar-refractivity contribution in [1.29, 1.82) is 0 Å². The summed E-state index contributed by atoms with van der Waals surface area (Å²) in [6.45, 7) is 2.28. The Morgan fingerprint density at radius 2 is 2.12 bits per heavy atom. The van der Waals surface area contributed by atoms with E-state index in [0.717, 1.165) is 3.57 Å². The SMILES string of the molecule is O=C(NCC1COCCO1)c1ccc(I)cc1. The van der Waals surface area contributed by atoms with Crippen LogP contribution in [0.4, 0.5) is 0 Å². The van der Waals surface area contributed by atoms with Gasteiger partial charge in [-0.1, -0.05) is 0 Å². The predicted molar refractivity (Wildman–Crippen MR) is 72.1 cm³/mol. The Labute approximate surface area is 114 Å². The summed E-state index contributed by atoms with van der Waals surface area (Å²) in [4.78, 5) is 11.8. The van der Waals surface area contributed by atoms with E-state index in [1.165, 1.54) is 0 Å². The van der Waals surface area contributed by atoms with E-state index >= 15 is 0 Å². The molecule has 1 unspecified atom stereocenters. The van der Waals surface area contributed by atoms with E-state index in [1.54, 1.807) is 0 Å². The van der Waals surface area contributed by atoms with E-state index in [4.69, 9.17) is 9.47 Å². The van der Waals surface area contributed by atoms with Crippen LogP contribution in [0.15, 0.2) is 24.3 Å². The molecule has 1 fully saturated rings. The molecule has 1 heterocycles. The van der Waals surface area contributed by atoms with Gasteiger partial charge in [-0.3, -0.25) is 4.79 Å². The van der Waals surface area contributed by atoms with Crippen molar-refractivity contribution in [2.75, 3.05) is 26.4 Å². The molecule has 1 saturated heterocycles. The molecule has 0 aromatic heterocycles. The third-order valence-electron chi connectivity index (χ3n) is 2.48. The van der Waals surface area contributed by atoms with Gasteiger partial charge in [-0.05, 0) is 46.9 Å². The van der Waals surface area contributed by atoms with Crippen molar-refractivity contribution < 1.29 is 14.3 Å². The fraction of sp³-hybridized carbons (Fsp3) is 0.417. The lowest BCUT2D eigenvalue weighted by molar-refractivity contribution is -0.0855. The van der Waals surface area contributed by atoms with Crippen LogP contribution in [0, 0.1) is 3.57 Å². The quantitative estimate of drug-likeness (QED) is 0.842. The minimum absolute atomic E-state index is 0.0310. The largest absolute Gasteiger partial charge is 0.376 e. The van der Waals surface area contributed by atoms with Crippen LogP contribution in [0.25, 0.3) is 0 Å². The van der Waals surface area contributed by atoms with Gasteiger partial charge in [0.25, 0.3) is 5.91 Å². The molecule has 0 saturated carbocycles. The molecular formula is C12H14INO3. The van der Waals surface area contributed by atoms with Gasteiger partial charge in [0, 0.05) is 15.7 Å². The van der Waals surface area contributed by atoms with Gasteiger partial charge in [0.15, 0.2) is 0 Å². The maximum atomic E-state index is 11.8. The number of halogens is 1. The van der Waals surface area contributed by atoms with Crippen LogP contribution in [0.3, 0.4) is 0 Å². The van der Waals surface area contributed by atoms with Crippen molar-refractivity contribution in [3.63, 3.8) is 0 Å². The van der Waals surface area contributed by atoms with Crippen LogP contribution in [-0.4, -0.2) is 38.4 Å². The van der Waals surface area contributed by atoms with Gasteiger partial charge in [-0.25, -0.2) is 0 Å². The Balaban J connectivity index is 1.82. The molecule has 1 atom stereocenters. The van der Waals surface area contributed by atoms with Crippen LogP contribution in [0.2, 0.25) is 0 Å². The molecule has 4 nitrogen and oxygen atoms in total. The van der Waals surface area contributed by atoms with Gasteiger partial charge in [-0.15, -0.1) is 0 Å². The molecule has 1 aliphatic rings. The summed E-state index contributed by atoms with van der Waals surface area (Å²) < 4.78 is 11.8. The number of hydrogen-bond acceptors (Lipinski definition) is 3. The minimum atomic E-state index is -0.0735. The maximum Gasteiger partial charge on any atom is 0.251 e. The normalized spacial score (nSPS) is 19.9. The van der Waals surface area contributed by atoms with Crippen LogP contribution in [-0.2, 0) is 9.47 Å². The molecule has 1 amide bonds. The van der Waals surface area contributed by atoms with Gasteiger partial charge < -0.3 is 14.8 Å². The molecule has 17 heavy (non-hydrogen) atoms. The molecule has 0 aliphatic carbocycles. The fourth-order valence-electron chi connectivity index (χ4n) is 1.56. The number of ether oxygens (including phenoxy) is 2. The number of carbonyl (C=O) groups excluding carboxylic acids is 1. The van der Waals surface area contributed by atoms with E-state index < -0.39 is 0 Å². The first-order chi connectivity index (χ1) is 8.25. The highest BCUT2D eigenvalue weighted by Gasteiger charge is 2.15. The minimum Gasteiger partial charge on any atom is -0.376 e. The van der Waals surface area contributed by atoms with E-state index in [-0.39, 0.29) is 12.0 Å². The average Bonchev–Trinajstić information content (AvgIpc) is 2.38. The second-order valence-corrected chi connectivity index (χ2v) is 5.03. The maximum absolute atomic E-state index is 11.8. The fourth-order valence-corrected chi connectivity index (χ4v) is 1.92. The molecule has 5 heteroatoms. The summed E-state index contributed by atoms with van der Waals surface area (Å²) >= 11 is 2.21. The summed E-state index contributed by atoms with van der Waals surface area (Å²) in [5.74, 6) is -0.0735. The second-order valence-electron chi connectivity index (χ2n) is 3.78. The summed E-state index contributed by atoms with van der Waals surface area (Å²) in [6, 6.07) is 7.45. The average molecular weight is 347 g/mol. The number of amides is 1. The summed E-state index contributed by atoms with van der Waals surface area (Å²) in [7, 11) is 0. The molecule has 1 aliphatic heterocycles. The standard InChI is InChI=1S/C12H14INO3/c13-10-3-1-9(2-4-10)12(15)14-7-11-8-16-5-6-17-11/h1-4,11H,5-8H2,(H,14,15). The van der Waals surface area contributed by atoms with E-state index in [9.17, 15) is 4.79 Å². The first-order valence-electron chi connectivity index (χ1n) is 5.49. The van der Waals surface area contributed by atoms with Gasteiger partial charge in [0.1, 0.15) is 0 Å². The molecule has 0 bridgehead atoms. The zero-order chi connectivity index (χ0) is 12.1. The number of benzene rings is 1. The Bertz CT molecular complexity index is 374. The van der Waals surface area contributed by atoms with E-state index in [0.29, 0.717) is 31.9 Å². The summed E-state index contributed by atoms with van der Waals surface area (Å²) in [5, 5.41) is 2.84. The molecule has 0 spiro atoms. The summed E-state index contributed by atoms with van der Waals surface area (Å²) in [6.07, 6.45) is -0.0310. The Kier molecular flexibility index (Phi) is 4.75. The monoisotopic (exact) mass is 347 g/mol. The predicted octanol–water partition coefficient (Wildman–Crippen LogP) is 1.44. The molecule has 0 radical (unpaired) electrons. The Morgan fingerprint density at radius 3 is 2.76 bits per heavy atom. The van der Waals surface area contributed by atoms with E-state index in [1.807, 2.05) is 24.3 Å². The second kappa shape index (κ2) is 6.32. The third kappa shape index (κ3) is 3.93. The van der Waals surface area contributed by atoms with Crippen molar-refractivity contribution in [2.24, 2.45) is 0 Å². The molecule has 1 aromatic carbocycles. The first-order valence-corrected chi connectivity index (χ1v) is 6.57. The lowest BCUT2D eigenvalue weighted by atomic mass is 10.2. The Morgan fingerprint density at radius 1 is 1.35 bits per heavy atom. The highest BCUT2D eigenvalue weighted by molar-refractivity contribution is 14.1. The number of carbonyl (C=O) groups is 1. The van der Waals surface area contributed by atoms with Crippen LogP contribution >= 0.6 is 22.6 Å². The lowest BCUT2D eigenvalue weighted by Gasteiger charge is -2.23.